The molecule has 2 rings (SSSR count). The Morgan fingerprint density at radius 1 is 1.12 bits per heavy atom. The van der Waals surface area contributed by atoms with E-state index in [0.29, 0.717) is 5.56 Å². The van der Waals surface area contributed by atoms with Crippen molar-refractivity contribution in [3.05, 3.63) is 69.8 Å². The van der Waals surface area contributed by atoms with E-state index in [9.17, 15) is 28.1 Å². The second-order valence-electron chi connectivity index (χ2n) is 6.14. The van der Waals surface area contributed by atoms with Crippen molar-refractivity contribution >= 4 is 17.3 Å². The van der Waals surface area contributed by atoms with E-state index in [2.05, 4.69) is 5.32 Å². The molecule has 0 bridgehead atoms. The van der Waals surface area contributed by atoms with Gasteiger partial charge in [-0.15, -0.1) is 0 Å². The molecule has 0 fully saturated rings. The van der Waals surface area contributed by atoms with Gasteiger partial charge >= 0.3 is 6.18 Å². The fraction of sp³-hybridized carbons (Fsp3) is 0.278. The van der Waals surface area contributed by atoms with Crippen molar-refractivity contribution < 1.29 is 22.9 Å². The van der Waals surface area contributed by atoms with Gasteiger partial charge < -0.3 is 5.32 Å². The van der Waals surface area contributed by atoms with Crippen molar-refractivity contribution in [2.24, 2.45) is 5.92 Å². The zero-order valence-corrected chi connectivity index (χ0v) is 14.1. The lowest BCUT2D eigenvalue weighted by Crippen LogP contribution is -2.25. The number of hydrogen-bond acceptors (Lipinski definition) is 3. The summed E-state index contributed by atoms with van der Waals surface area (Å²) >= 11 is 0. The maximum atomic E-state index is 12.8. The minimum absolute atomic E-state index is 0.0392. The molecule has 0 aliphatic rings. The molecule has 2 aromatic rings. The number of amides is 1. The van der Waals surface area contributed by atoms with Crippen molar-refractivity contribution in [2.75, 3.05) is 5.32 Å². The molecule has 5 nitrogen and oxygen atoms in total. The summed E-state index contributed by atoms with van der Waals surface area (Å²) in [6, 6.07) is 9.93. The van der Waals surface area contributed by atoms with E-state index >= 15 is 0 Å². The third-order valence-electron chi connectivity index (χ3n) is 3.87. The first kappa shape index (κ1) is 19.4. The van der Waals surface area contributed by atoms with Crippen LogP contribution in [0.25, 0.3) is 0 Å². The van der Waals surface area contributed by atoms with Crippen LogP contribution in [0.2, 0.25) is 0 Å². The van der Waals surface area contributed by atoms with Gasteiger partial charge in [-0.1, -0.05) is 32.0 Å². The van der Waals surface area contributed by atoms with Crippen molar-refractivity contribution in [2.45, 2.75) is 25.9 Å². The number of halogens is 3. The molecule has 0 spiro atoms. The van der Waals surface area contributed by atoms with Crippen molar-refractivity contribution in [1.82, 2.24) is 0 Å². The first-order valence-electron chi connectivity index (χ1n) is 7.82. The largest absolute Gasteiger partial charge is 0.416 e. The van der Waals surface area contributed by atoms with Gasteiger partial charge in [0.1, 0.15) is 0 Å². The topological polar surface area (TPSA) is 72.2 Å². The molecule has 138 valence electrons. The van der Waals surface area contributed by atoms with Crippen molar-refractivity contribution in [3.8, 4) is 0 Å². The van der Waals surface area contributed by atoms with E-state index in [1.165, 1.54) is 36.4 Å². The summed E-state index contributed by atoms with van der Waals surface area (Å²) in [7, 11) is 0. The van der Waals surface area contributed by atoms with Crippen LogP contribution in [-0.4, -0.2) is 10.8 Å². The summed E-state index contributed by atoms with van der Waals surface area (Å²) in [5.74, 6) is -1.30. The average molecular weight is 366 g/mol. The Bertz CT molecular complexity index is 802. The van der Waals surface area contributed by atoms with E-state index in [1.807, 2.05) is 0 Å². The van der Waals surface area contributed by atoms with Gasteiger partial charge in [0.25, 0.3) is 5.69 Å². The quantitative estimate of drug-likeness (QED) is 0.598. The number of carbonyl (C=O) groups excluding carboxylic acids is 1. The fourth-order valence-corrected chi connectivity index (χ4v) is 2.64. The molecule has 1 N–H and O–H groups in total. The monoisotopic (exact) mass is 366 g/mol. The van der Waals surface area contributed by atoms with Gasteiger partial charge in [0.2, 0.25) is 5.91 Å². The van der Waals surface area contributed by atoms with E-state index in [1.54, 1.807) is 13.8 Å². The molecule has 0 aliphatic heterocycles. The number of alkyl halides is 3. The first-order valence-corrected chi connectivity index (χ1v) is 7.82. The van der Waals surface area contributed by atoms with Crippen LogP contribution in [0.4, 0.5) is 24.5 Å². The maximum Gasteiger partial charge on any atom is 0.416 e. The maximum absolute atomic E-state index is 12.8. The number of nitrogens with zero attached hydrogens (tertiary/aromatic N) is 1. The molecular weight excluding hydrogens is 349 g/mol. The number of rotatable bonds is 5. The molecule has 1 amide bonds. The van der Waals surface area contributed by atoms with Gasteiger partial charge in [0, 0.05) is 17.8 Å². The second-order valence-corrected chi connectivity index (χ2v) is 6.14. The van der Waals surface area contributed by atoms with E-state index in [0.717, 1.165) is 12.1 Å². The molecule has 2 aromatic carbocycles. The number of hydrogen-bond donors (Lipinski definition) is 1. The van der Waals surface area contributed by atoms with Crippen molar-refractivity contribution in [3.63, 3.8) is 0 Å². The summed E-state index contributed by atoms with van der Waals surface area (Å²) in [5.41, 5.74) is -0.367. The highest BCUT2D eigenvalue weighted by atomic mass is 19.4. The smallest absolute Gasteiger partial charge is 0.326 e. The zero-order chi connectivity index (χ0) is 19.5. The fourth-order valence-electron chi connectivity index (χ4n) is 2.64. The third kappa shape index (κ3) is 4.59. The lowest BCUT2D eigenvalue weighted by atomic mass is 9.87. The predicted octanol–water partition coefficient (Wildman–Crippen LogP) is 4.99. The Hall–Kier alpha value is -2.90. The number of non-ortho nitro benzene ring substituents is 1. The van der Waals surface area contributed by atoms with Gasteiger partial charge in [-0.2, -0.15) is 13.2 Å². The molecular formula is C18H17F3N2O3. The molecule has 0 heterocycles. The van der Waals surface area contributed by atoms with Crippen LogP contribution in [0, 0.1) is 16.0 Å². The van der Waals surface area contributed by atoms with Gasteiger partial charge in [-0.05, 0) is 29.7 Å². The molecule has 26 heavy (non-hydrogen) atoms. The number of nitro groups is 1. The normalized spacial score (nSPS) is 12.7. The molecule has 1 atom stereocenters. The molecule has 0 aromatic heterocycles. The molecule has 1 unspecified atom stereocenters. The summed E-state index contributed by atoms with van der Waals surface area (Å²) in [6.07, 6.45) is -4.50. The predicted molar refractivity (Wildman–Crippen MR) is 90.7 cm³/mol. The molecule has 0 radical (unpaired) electrons. The van der Waals surface area contributed by atoms with E-state index in [-0.39, 0.29) is 17.3 Å². The van der Waals surface area contributed by atoms with Crippen LogP contribution >= 0.6 is 0 Å². The van der Waals surface area contributed by atoms with E-state index in [4.69, 9.17) is 0 Å². The second kappa shape index (κ2) is 7.55. The first-order chi connectivity index (χ1) is 12.1. The lowest BCUT2D eigenvalue weighted by Gasteiger charge is -2.21. The highest BCUT2D eigenvalue weighted by Crippen LogP contribution is 2.32. The Morgan fingerprint density at radius 2 is 1.73 bits per heavy atom. The molecule has 8 heteroatoms. The van der Waals surface area contributed by atoms with Crippen LogP contribution < -0.4 is 5.32 Å². The van der Waals surface area contributed by atoms with Gasteiger partial charge in [0.05, 0.1) is 16.4 Å². The number of benzene rings is 2. The summed E-state index contributed by atoms with van der Waals surface area (Å²) in [4.78, 5) is 22.8. The van der Waals surface area contributed by atoms with Gasteiger partial charge in [0.15, 0.2) is 0 Å². The van der Waals surface area contributed by atoms with Crippen LogP contribution in [0.3, 0.4) is 0 Å². The zero-order valence-electron chi connectivity index (χ0n) is 14.1. The van der Waals surface area contributed by atoms with Crippen LogP contribution in [0.1, 0.15) is 30.9 Å². The number of carbonyl (C=O) groups is 1. The van der Waals surface area contributed by atoms with Crippen LogP contribution in [0.15, 0.2) is 48.5 Å². The minimum atomic E-state index is -4.50. The molecule has 0 saturated carbocycles. The summed E-state index contributed by atoms with van der Waals surface area (Å²) in [5, 5.41) is 13.2. The molecule has 0 saturated heterocycles. The standard InChI is InChI=1S/C18H17F3N2O3/c1-11(2)16(12-6-8-15(9-7-12)23(25)26)17(24)22-14-5-3-4-13(10-14)18(19,20)21/h3-11,16H,1-2H3,(H,22,24). The summed E-state index contributed by atoms with van der Waals surface area (Å²) in [6.45, 7) is 3.58. The Balaban J connectivity index is 2.25. The van der Waals surface area contributed by atoms with E-state index < -0.39 is 28.5 Å². The lowest BCUT2D eigenvalue weighted by molar-refractivity contribution is -0.384. The minimum Gasteiger partial charge on any atom is -0.326 e. The highest BCUT2D eigenvalue weighted by Gasteiger charge is 2.31. The number of nitrogens with one attached hydrogen (secondary N) is 1. The number of nitro benzene ring substituents is 1. The Kier molecular flexibility index (Phi) is 5.64. The van der Waals surface area contributed by atoms with Crippen molar-refractivity contribution in [1.29, 1.82) is 0 Å². The Labute approximate surface area is 148 Å². The SMILES string of the molecule is CC(C)C(C(=O)Nc1cccc(C(F)(F)F)c1)c1ccc([N+](=O)[O-])cc1. The van der Waals surface area contributed by atoms with Gasteiger partial charge in [-0.3, -0.25) is 14.9 Å². The van der Waals surface area contributed by atoms with Crippen LogP contribution in [-0.2, 0) is 11.0 Å². The van der Waals surface area contributed by atoms with Gasteiger partial charge in [-0.25, -0.2) is 0 Å². The average Bonchev–Trinajstić information content (AvgIpc) is 2.54. The highest BCUT2D eigenvalue weighted by molar-refractivity contribution is 5.96. The van der Waals surface area contributed by atoms with Crippen LogP contribution in [0.5, 0.6) is 0 Å². The number of anilines is 1. The third-order valence-corrected chi connectivity index (χ3v) is 3.87. The Morgan fingerprint density at radius 3 is 2.23 bits per heavy atom. The summed E-state index contributed by atoms with van der Waals surface area (Å²) < 4.78 is 38.4. The molecule has 0 aliphatic carbocycles.